The van der Waals surface area contributed by atoms with Crippen LogP contribution in [-0.4, -0.2) is 57.0 Å². The Kier molecular flexibility index (Phi) is 5.47. The normalized spacial score (nSPS) is 11.0. The zero-order chi connectivity index (χ0) is 18.5. The number of hydrogen-bond acceptors (Lipinski definition) is 6. The summed E-state index contributed by atoms with van der Waals surface area (Å²) >= 11 is 0. The zero-order valence-electron chi connectivity index (χ0n) is 15.2. The van der Waals surface area contributed by atoms with Crippen LogP contribution in [0, 0.1) is 0 Å². The summed E-state index contributed by atoms with van der Waals surface area (Å²) in [6.07, 6.45) is 2.13. The Hall–Kier alpha value is -2.94. The van der Waals surface area contributed by atoms with Crippen molar-refractivity contribution in [2.75, 3.05) is 32.1 Å². The Labute approximate surface area is 151 Å². The molecule has 0 bridgehead atoms. The maximum absolute atomic E-state index is 12.4. The molecule has 0 atom stereocenters. The standard InChI is InChI=1S/C17H23N7O2/c1-23-14-5-4-12(10-13(14)22-17(23)19-8-9-26-3)16(25)18-7-6-15-20-11-21-24(15)2/h4-5,10-11H,6-9H2,1-3H3,(H,18,25)(H,19,22). The number of carbonyl (C=O) groups excluding carboxylic acids is 1. The molecule has 138 valence electrons. The highest BCUT2D eigenvalue weighted by Gasteiger charge is 2.12. The van der Waals surface area contributed by atoms with Gasteiger partial charge in [0.1, 0.15) is 12.2 Å². The lowest BCUT2D eigenvalue weighted by Gasteiger charge is -2.06. The molecule has 0 spiro atoms. The number of rotatable bonds is 8. The van der Waals surface area contributed by atoms with Crippen LogP contribution in [0.2, 0.25) is 0 Å². The minimum Gasteiger partial charge on any atom is -0.383 e. The van der Waals surface area contributed by atoms with Crippen LogP contribution < -0.4 is 10.6 Å². The minimum absolute atomic E-state index is 0.131. The monoisotopic (exact) mass is 357 g/mol. The average Bonchev–Trinajstić information content (AvgIpc) is 3.18. The number of hydrogen-bond donors (Lipinski definition) is 2. The van der Waals surface area contributed by atoms with Crippen LogP contribution in [0.5, 0.6) is 0 Å². The average molecular weight is 357 g/mol. The molecule has 2 heterocycles. The minimum atomic E-state index is -0.131. The van der Waals surface area contributed by atoms with Crippen LogP contribution in [0.15, 0.2) is 24.5 Å². The van der Waals surface area contributed by atoms with E-state index in [2.05, 4.69) is 25.7 Å². The van der Waals surface area contributed by atoms with Gasteiger partial charge in [-0.3, -0.25) is 9.48 Å². The van der Waals surface area contributed by atoms with Crippen molar-refractivity contribution in [1.82, 2.24) is 29.6 Å². The van der Waals surface area contributed by atoms with Gasteiger partial charge in [-0.1, -0.05) is 0 Å². The van der Waals surface area contributed by atoms with Gasteiger partial charge in [-0.15, -0.1) is 0 Å². The molecule has 0 saturated heterocycles. The van der Waals surface area contributed by atoms with E-state index in [1.807, 2.05) is 24.7 Å². The summed E-state index contributed by atoms with van der Waals surface area (Å²) in [5, 5.41) is 10.1. The van der Waals surface area contributed by atoms with E-state index in [1.54, 1.807) is 23.9 Å². The summed E-state index contributed by atoms with van der Waals surface area (Å²) in [6.45, 7) is 1.76. The molecule has 2 N–H and O–H groups in total. The smallest absolute Gasteiger partial charge is 0.251 e. The molecular formula is C17H23N7O2. The fourth-order valence-electron chi connectivity index (χ4n) is 2.70. The lowest BCUT2D eigenvalue weighted by Crippen LogP contribution is -2.26. The third-order valence-corrected chi connectivity index (χ3v) is 4.17. The quantitative estimate of drug-likeness (QED) is 0.577. The Morgan fingerprint density at radius 1 is 1.27 bits per heavy atom. The molecule has 0 saturated carbocycles. The number of aryl methyl sites for hydroxylation is 2. The first kappa shape index (κ1) is 17.9. The number of carbonyl (C=O) groups is 1. The van der Waals surface area contributed by atoms with Gasteiger partial charge < -0.3 is 19.9 Å². The van der Waals surface area contributed by atoms with E-state index in [0.29, 0.717) is 31.7 Å². The zero-order valence-corrected chi connectivity index (χ0v) is 15.2. The van der Waals surface area contributed by atoms with E-state index in [0.717, 1.165) is 22.8 Å². The topological polar surface area (TPSA) is 98.9 Å². The van der Waals surface area contributed by atoms with Gasteiger partial charge in [0.15, 0.2) is 0 Å². The maximum Gasteiger partial charge on any atom is 0.251 e. The van der Waals surface area contributed by atoms with Gasteiger partial charge in [-0.05, 0) is 18.2 Å². The predicted octanol–water partition coefficient (Wildman–Crippen LogP) is 0.733. The van der Waals surface area contributed by atoms with Crippen LogP contribution in [0.3, 0.4) is 0 Å². The first-order chi connectivity index (χ1) is 12.6. The second-order valence-electron chi connectivity index (χ2n) is 5.92. The molecule has 1 aromatic carbocycles. The Bertz CT molecular complexity index is 900. The summed E-state index contributed by atoms with van der Waals surface area (Å²) in [6, 6.07) is 5.51. The number of anilines is 1. The fraction of sp³-hybridized carbons (Fsp3) is 0.412. The second-order valence-corrected chi connectivity index (χ2v) is 5.92. The van der Waals surface area contributed by atoms with E-state index >= 15 is 0 Å². The van der Waals surface area contributed by atoms with Crippen molar-refractivity contribution >= 4 is 22.9 Å². The molecule has 0 fully saturated rings. The number of benzene rings is 1. The van der Waals surface area contributed by atoms with Crippen molar-refractivity contribution in [2.24, 2.45) is 14.1 Å². The molecule has 26 heavy (non-hydrogen) atoms. The molecule has 1 amide bonds. The number of ether oxygens (including phenoxy) is 1. The molecule has 9 heteroatoms. The van der Waals surface area contributed by atoms with E-state index in [9.17, 15) is 4.79 Å². The van der Waals surface area contributed by atoms with Crippen LogP contribution in [0.25, 0.3) is 11.0 Å². The van der Waals surface area contributed by atoms with Gasteiger partial charge in [0.25, 0.3) is 5.91 Å². The molecule has 3 aromatic rings. The second kappa shape index (κ2) is 7.96. The first-order valence-corrected chi connectivity index (χ1v) is 8.40. The molecular weight excluding hydrogens is 334 g/mol. The molecule has 0 unspecified atom stereocenters. The summed E-state index contributed by atoms with van der Waals surface area (Å²) in [4.78, 5) is 21.1. The van der Waals surface area contributed by atoms with Crippen LogP contribution >= 0.6 is 0 Å². The van der Waals surface area contributed by atoms with Gasteiger partial charge in [0.2, 0.25) is 5.95 Å². The van der Waals surface area contributed by atoms with Crippen LogP contribution in [-0.2, 0) is 25.3 Å². The molecule has 0 aliphatic heterocycles. The summed E-state index contributed by atoms with van der Waals surface area (Å²) in [5.74, 6) is 1.45. The van der Waals surface area contributed by atoms with E-state index in [4.69, 9.17) is 4.74 Å². The summed E-state index contributed by atoms with van der Waals surface area (Å²) < 4.78 is 8.70. The third-order valence-electron chi connectivity index (χ3n) is 4.17. The van der Waals surface area contributed by atoms with E-state index < -0.39 is 0 Å². The maximum atomic E-state index is 12.4. The number of nitrogens with one attached hydrogen (secondary N) is 2. The van der Waals surface area contributed by atoms with Gasteiger partial charge in [-0.25, -0.2) is 9.97 Å². The van der Waals surface area contributed by atoms with Crippen molar-refractivity contribution in [1.29, 1.82) is 0 Å². The van der Waals surface area contributed by atoms with Gasteiger partial charge in [0, 0.05) is 46.3 Å². The predicted molar refractivity (Wildman–Crippen MR) is 98.1 cm³/mol. The van der Waals surface area contributed by atoms with Crippen molar-refractivity contribution in [3.05, 3.63) is 35.9 Å². The number of fused-ring (bicyclic) bond motifs is 1. The van der Waals surface area contributed by atoms with Crippen molar-refractivity contribution in [3.63, 3.8) is 0 Å². The Morgan fingerprint density at radius 3 is 2.85 bits per heavy atom. The highest BCUT2D eigenvalue weighted by molar-refractivity contribution is 5.97. The Morgan fingerprint density at radius 2 is 2.12 bits per heavy atom. The summed E-state index contributed by atoms with van der Waals surface area (Å²) in [5.41, 5.74) is 2.31. The Balaban J connectivity index is 1.65. The van der Waals surface area contributed by atoms with E-state index in [1.165, 1.54) is 6.33 Å². The van der Waals surface area contributed by atoms with Crippen molar-refractivity contribution in [2.45, 2.75) is 6.42 Å². The third kappa shape index (κ3) is 3.83. The number of nitrogens with zero attached hydrogens (tertiary/aromatic N) is 5. The van der Waals surface area contributed by atoms with Crippen LogP contribution in [0.4, 0.5) is 5.95 Å². The molecule has 0 aliphatic carbocycles. The van der Waals surface area contributed by atoms with E-state index in [-0.39, 0.29) is 5.91 Å². The molecule has 3 rings (SSSR count). The lowest BCUT2D eigenvalue weighted by molar-refractivity contribution is 0.0954. The number of imidazole rings is 1. The molecule has 0 aliphatic rings. The largest absolute Gasteiger partial charge is 0.383 e. The lowest BCUT2D eigenvalue weighted by atomic mass is 10.2. The van der Waals surface area contributed by atoms with Crippen molar-refractivity contribution < 1.29 is 9.53 Å². The number of methoxy groups -OCH3 is 1. The number of aromatic nitrogens is 5. The number of amides is 1. The van der Waals surface area contributed by atoms with Gasteiger partial charge >= 0.3 is 0 Å². The highest BCUT2D eigenvalue weighted by atomic mass is 16.5. The molecule has 0 radical (unpaired) electrons. The van der Waals surface area contributed by atoms with Crippen LogP contribution in [0.1, 0.15) is 16.2 Å². The fourth-order valence-corrected chi connectivity index (χ4v) is 2.70. The van der Waals surface area contributed by atoms with Crippen molar-refractivity contribution in [3.8, 4) is 0 Å². The molecule has 2 aromatic heterocycles. The first-order valence-electron chi connectivity index (χ1n) is 8.40. The van der Waals surface area contributed by atoms with Gasteiger partial charge in [0.05, 0.1) is 17.6 Å². The highest BCUT2D eigenvalue weighted by Crippen LogP contribution is 2.19. The SMILES string of the molecule is COCCNc1nc2cc(C(=O)NCCc3ncnn3C)ccc2n1C. The van der Waals surface area contributed by atoms with Gasteiger partial charge in [-0.2, -0.15) is 5.10 Å². The summed E-state index contributed by atoms with van der Waals surface area (Å²) in [7, 11) is 5.42. The molecule has 9 nitrogen and oxygen atoms in total.